The maximum absolute atomic E-state index is 3.22. The second-order valence-corrected chi connectivity index (χ2v) is 4.34. The van der Waals surface area contributed by atoms with Gasteiger partial charge in [0.1, 0.15) is 0 Å². The van der Waals surface area contributed by atoms with Gasteiger partial charge in [-0.1, -0.05) is 16.9 Å². The van der Waals surface area contributed by atoms with Gasteiger partial charge in [0, 0.05) is 13.2 Å². The highest BCUT2D eigenvalue weighted by Crippen LogP contribution is 2.29. The van der Waals surface area contributed by atoms with Crippen LogP contribution < -0.4 is 5.32 Å². The Balaban J connectivity index is 0.000000921. The summed E-state index contributed by atoms with van der Waals surface area (Å²) in [5.41, 5.74) is 0. The molecule has 0 aliphatic rings. The molecular weight excluding hydrogens is 264 g/mol. The molecule has 1 aromatic rings. The van der Waals surface area contributed by atoms with Crippen LogP contribution in [-0.4, -0.2) is 12.0 Å². The number of thiol groups is 2. The van der Waals surface area contributed by atoms with Gasteiger partial charge in [-0.15, -0.1) is 23.3 Å². The first-order valence-corrected chi connectivity index (χ1v) is 7.90. The molecule has 1 rings (SSSR count). The minimum atomic E-state index is 1.17. The zero-order valence-corrected chi connectivity index (χ0v) is 11.7. The van der Waals surface area contributed by atoms with Crippen molar-refractivity contribution >= 4 is 44.9 Å². The van der Waals surface area contributed by atoms with Gasteiger partial charge in [0.25, 0.3) is 0 Å². The molecule has 6 heteroatoms. The van der Waals surface area contributed by atoms with Gasteiger partial charge < -0.3 is 10.3 Å². The Kier molecular flexibility index (Phi) is 12.0. The Morgan fingerprint density at radius 2 is 2.20 bits per heavy atom. The average molecular weight is 278 g/mol. The van der Waals surface area contributed by atoms with Crippen LogP contribution in [0.3, 0.4) is 0 Å². The SMILES string of the molecule is CN/C=C\C=C\SSc1ccc[nH]1.SS. The molecule has 0 radical (unpaired) electrons. The summed E-state index contributed by atoms with van der Waals surface area (Å²) >= 11 is 6.44. The second kappa shape index (κ2) is 12.0. The number of aromatic nitrogens is 1. The zero-order valence-electron chi connectivity index (χ0n) is 8.25. The van der Waals surface area contributed by atoms with Crippen molar-refractivity contribution in [2.75, 3.05) is 7.05 Å². The van der Waals surface area contributed by atoms with E-state index >= 15 is 0 Å². The van der Waals surface area contributed by atoms with Crippen molar-refractivity contribution in [3.05, 3.63) is 42.1 Å². The van der Waals surface area contributed by atoms with Crippen LogP contribution in [0.1, 0.15) is 0 Å². The predicted octanol–water partition coefficient (Wildman–Crippen LogP) is 3.76. The molecule has 0 saturated heterocycles. The summed E-state index contributed by atoms with van der Waals surface area (Å²) in [6.45, 7) is 0. The summed E-state index contributed by atoms with van der Waals surface area (Å²) < 4.78 is 0. The lowest BCUT2D eigenvalue weighted by molar-refractivity contribution is 1.10. The Bertz CT molecular complexity index is 270. The number of aromatic amines is 1. The van der Waals surface area contributed by atoms with Crippen LogP contribution in [0.5, 0.6) is 0 Å². The monoisotopic (exact) mass is 278 g/mol. The average Bonchev–Trinajstić information content (AvgIpc) is 2.79. The van der Waals surface area contributed by atoms with Crippen molar-refractivity contribution in [1.29, 1.82) is 0 Å². The lowest BCUT2D eigenvalue weighted by atomic mass is 10.6. The minimum absolute atomic E-state index is 1.17. The molecule has 0 unspecified atom stereocenters. The number of nitrogens with one attached hydrogen (secondary N) is 2. The third-order valence-corrected chi connectivity index (χ3v) is 3.17. The van der Waals surface area contributed by atoms with Crippen LogP contribution >= 0.6 is 44.9 Å². The van der Waals surface area contributed by atoms with Gasteiger partial charge >= 0.3 is 0 Å². The van der Waals surface area contributed by atoms with Crippen LogP contribution in [0.25, 0.3) is 0 Å². The van der Waals surface area contributed by atoms with Gasteiger partial charge in [-0.3, -0.25) is 0 Å². The molecule has 15 heavy (non-hydrogen) atoms. The van der Waals surface area contributed by atoms with Crippen LogP contribution in [0, 0.1) is 0 Å². The Labute approximate surface area is 109 Å². The maximum atomic E-state index is 3.22. The van der Waals surface area contributed by atoms with Crippen molar-refractivity contribution in [3.63, 3.8) is 0 Å². The fourth-order valence-electron chi connectivity index (χ4n) is 0.675. The minimum Gasteiger partial charge on any atom is -0.394 e. The van der Waals surface area contributed by atoms with E-state index in [4.69, 9.17) is 0 Å². The molecule has 0 bridgehead atoms. The van der Waals surface area contributed by atoms with Crippen LogP contribution in [-0.2, 0) is 0 Å². The molecule has 0 atom stereocenters. The molecule has 1 aromatic heterocycles. The van der Waals surface area contributed by atoms with Crippen molar-refractivity contribution in [2.45, 2.75) is 5.03 Å². The van der Waals surface area contributed by atoms with Gasteiger partial charge in [0.15, 0.2) is 0 Å². The van der Waals surface area contributed by atoms with E-state index in [9.17, 15) is 0 Å². The van der Waals surface area contributed by atoms with Gasteiger partial charge in [-0.05, 0) is 40.6 Å². The van der Waals surface area contributed by atoms with E-state index in [1.807, 2.05) is 43.1 Å². The summed E-state index contributed by atoms with van der Waals surface area (Å²) in [4.78, 5) is 3.12. The molecule has 1 heterocycles. The normalized spacial score (nSPS) is 10.3. The Morgan fingerprint density at radius 1 is 1.40 bits per heavy atom. The van der Waals surface area contributed by atoms with Gasteiger partial charge in [0.2, 0.25) is 0 Å². The first kappa shape index (κ1) is 15.0. The summed E-state index contributed by atoms with van der Waals surface area (Å²) in [7, 11) is 5.27. The molecule has 0 amide bonds. The Hall–Kier alpha value is -0.0400. The first-order valence-electron chi connectivity index (χ1n) is 4.09. The largest absolute Gasteiger partial charge is 0.394 e. The fraction of sp³-hybridized carbons (Fsp3) is 0.111. The zero-order chi connectivity index (χ0) is 11.4. The topological polar surface area (TPSA) is 27.8 Å². The molecule has 0 aliphatic carbocycles. The quantitative estimate of drug-likeness (QED) is 0.375. The molecule has 0 spiro atoms. The van der Waals surface area contributed by atoms with Gasteiger partial charge in [0.05, 0.1) is 5.03 Å². The highest BCUT2D eigenvalue weighted by atomic mass is 33.1. The van der Waals surface area contributed by atoms with E-state index in [-0.39, 0.29) is 0 Å². The summed E-state index contributed by atoms with van der Waals surface area (Å²) in [5.74, 6) is 0. The maximum Gasteiger partial charge on any atom is 0.0832 e. The van der Waals surface area contributed by atoms with Crippen LogP contribution in [0.2, 0.25) is 0 Å². The summed E-state index contributed by atoms with van der Waals surface area (Å²) in [6.07, 6.45) is 7.77. The second-order valence-electron chi connectivity index (χ2n) is 2.19. The molecule has 84 valence electrons. The standard InChI is InChI=1S/C9H12N2S2.H2S2/c1-10-6-2-3-8-12-13-9-5-4-7-11-9;1-2/h2-8,10-11H,1H3;1-2H/b6-2-,8-3+;. The molecule has 0 saturated carbocycles. The molecule has 0 aliphatic heterocycles. The van der Waals surface area contributed by atoms with Crippen molar-refractivity contribution in [2.24, 2.45) is 0 Å². The number of allylic oxidation sites excluding steroid dienone is 2. The van der Waals surface area contributed by atoms with Crippen molar-refractivity contribution in [1.82, 2.24) is 10.3 Å². The Morgan fingerprint density at radius 3 is 2.80 bits per heavy atom. The summed E-state index contributed by atoms with van der Waals surface area (Å²) in [5, 5.41) is 6.13. The molecule has 2 N–H and O–H groups in total. The highest BCUT2D eigenvalue weighted by molar-refractivity contribution is 8.77. The lowest BCUT2D eigenvalue weighted by Crippen LogP contribution is -1.89. The van der Waals surface area contributed by atoms with E-state index in [0.717, 1.165) is 0 Å². The van der Waals surface area contributed by atoms with E-state index < -0.39 is 0 Å². The third-order valence-electron chi connectivity index (χ3n) is 1.22. The smallest absolute Gasteiger partial charge is 0.0832 e. The fourth-order valence-corrected chi connectivity index (χ4v) is 2.22. The van der Waals surface area contributed by atoms with Crippen molar-refractivity contribution in [3.8, 4) is 0 Å². The van der Waals surface area contributed by atoms with Gasteiger partial charge in [-0.2, -0.15) is 0 Å². The lowest BCUT2D eigenvalue weighted by Gasteiger charge is -1.89. The molecule has 0 fully saturated rings. The predicted molar refractivity (Wildman–Crippen MR) is 79.6 cm³/mol. The third kappa shape index (κ3) is 8.92. The number of hydrogen-bond acceptors (Lipinski definition) is 5. The van der Waals surface area contributed by atoms with E-state index in [1.54, 1.807) is 21.6 Å². The summed E-state index contributed by atoms with van der Waals surface area (Å²) in [6, 6.07) is 4.04. The van der Waals surface area contributed by atoms with E-state index in [0.29, 0.717) is 0 Å². The molecular formula is C9H14N2S4. The first-order chi connectivity index (χ1) is 7.43. The van der Waals surface area contributed by atoms with Crippen LogP contribution in [0.4, 0.5) is 0 Å². The number of H-pyrrole nitrogens is 1. The molecule has 2 nitrogen and oxygen atoms in total. The van der Waals surface area contributed by atoms with Crippen LogP contribution in [0.15, 0.2) is 47.1 Å². The highest BCUT2D eigenvalue weighted by Gasteiger charge is 1.89. The molecule has 0 aromatic carbocycles. The van der Waals surface area contributed by atoms with E-state index in [2.05, 4.69) is 39.7 Å². The van der Waals surface area contributed by atoms with Gasteiger partial charge in [-0.25, -0.2) is 0 Å². The van der Waals surface area contributed by atoms with E-state index in [1.165, 1.54) is 5.03 Å². The number of hydrogen-bond donors (Lipinski definition) is 4. The van der Waals surface area contributed by atoms with Crippen molar-refractivity contribution < 1.29 is 0 Å². The number of rotatable bonds is 5.